The van der Waals surface area contributed by atoms with Gasteiger partial charge in [0, 0.05) is 7.05 Å². The molecule has 0 saturated heterocycles. The summed E-state index contributed by atoms with van der Waals surface area (Å²) >= 11 is 0. The Bertz CT molecular complexity index is 30.0. The zero-order valence-electron chi connectivity index (χ0n) is 3.89. The molecule has 1 radical (unpaired) electrons. The van der Waals surface area contributed by atoms with Crippen LogP contribution in [0.5, 0.6) is 0 Å². The second kappa shape index (κ2) is 3.08. The number of nitrogens with one attached hydrogen (secondary N) is 1. The van der Waals surface area contributed by atoms with Crippen LogP contribution >= 0.6 is 0 Å². The molecule has 0 rings (SSSR count). The molecule has 0 aliphatic rings. The van der Waals surface area contributed by atoms with E-state index in [1.807, 2.05) is 0 Å². The van der Waals surface area contributed by atoms with Gasteiger partial charge in [0.15, 0.2) is 0 Å². The molecule has 0 aromatic rings. The van der Waals surface area contributed by atoms with E-state index in [9.17, 15) is 5.11 Å². The van der Waals surface area contributed by atoms with Gasteiger partial charge in [0.2, 0.25) is 6.29 Å². The molecule has 0 aromatic carbocycles. The lowest BCUT2D eigenvalue weighted by molar-refractivity contribution is -0.162. The molecule has 1 atom stereocenters. The summed E-state index contributed by atoms with van der Waals surface area (Å²) in [6, 6.07) is 0. The Morgan fingerprint density at radius 3 is 2.33 bits per heavy atom. The van der Waals surface area contributed by atoms with E-state index in [-0.39, 0.29) is 0 Å². The van der Waals surface area contributed by atoms with Gasteiger partial charge in [-0.1, -0.05) is 0 Å². The third-order valence-electron chi connectivity index (χ3n) is 0.284. The van der Waals surface area contributed by atoms with Crippen molar-refractivity contribution in [2.24, 2.45) is 0 Å². The van der Waals surface area contributed by atoms with Gasteiger partial charge in [-0.3, -0.25) is 4.84 Å². The SMILES string of the molecule is CNOC(C)[O]. The minimum Gasteiger partial charge on any atom is -0.267 e. The number of hydroxylamine groups is 1. The van der Waals surface area contributed by atoms with E-state index in [1.165, 1.54) is 6.92 Å². The molecule has 0 aromatic heterocycles. The number of rotatable bonds is 2. The van der Waals surface area contributed by atoms with Gasteiger partial charge in [-0.2, -0.15) is 0 Å². The second-order valence-electron chi connectivity index (χ2n) is 0.890. The molecule has 37 valence electrons. The Balaban J connectivity index is 2.63. The standard InChI is InChI=1S/C3H8NO2/c1-3(5)6-4-2/h3-4H,1-2H3. The Kier molecular flexibility index (Phi) is 3.02. The average Bonchev–Trinajstić information content (AvgIpc) is 1.35. The summed E-state index contributed by atoms with van der Waals surface area (Å²) in [5, 5.41) is 9.84. The van der Waals surface area contributed by atoms with Crippen LogP contribution in [0.2, 0.25) is 0 Å². The van der Waals surface area contributed by atoms with E-state index in [2.05, 4.69) is 10.3 Å². The van der Waals surface area contributed by atoms with Crippen LogP contribution in [0.4, 0.5) is 0 Å². The van der Waals surface area contributed by atoms with E-state index < -0.39 is 6.29 Å². The first kappa shape index (κ1) is 5.88. The van der Waals surface area contributed by atoms with Crippen LogP contribution in [0, 0.1) is 0 Å². The van der Waals surface area contributed by atoms with Gasteiger partial charge < -0.3 is 0 Å². The summed E-state index contributed by atoms with van der Waals surface area (Å²) in [4.78, 5) is 4.24. The highest BCUT2D eigenvalue weighted by Gasteiger charge is 1.88. The van der Waals surface area contributed by atoms with E-state index in [0.717, 1.165) is 0 Å². The first-order valence-corrected chi connectivity index (χ1v) is 1.75. The van der Waals surface area contributed by atoms with Crippen LogP contribution in [0.25, 0.3) is 0 Å². The monoisotopic (exact) mass is 90.1 g/mol. The summed E-state index contributed by atoms with van der Waals surface area (Å²) in [6.45, 7) is 1.41. The Morgan fingerprint density at radius 1 is 1.83 bits per heavy atom. The largest absolute Gasteiger partial charge is 0.267 e. The van der Waals surface area contributed by atoms with E-state index in [1.54, 1.807) is 7.05 Å². The summed E-state index contributed by atoms with van der Waals surface area (Å²) in [6.07, 6.45) is -0.963. The van der Waals surface area contributed by atoms with Crippen LogP contribution < -0.4 is 5.48 Å². The highest BCUT2D eigenvalue weighted by Crippen LogP contribution is 1.74. The zero-order valence-corrected chi connectivity index (χ0v) is 3.89. The minimum atomic E-state index is -0.963. The van der Waals surface area contributed by atoms with Gasteiger partial charge in [0.1, 0.15) is 0 Å². The molecule has 0 aliphatic heterocycles. The molecule has 0 heterocycles. The van der Waals surface area contributed by atoms with Crippen molar-refractivity contribution in [3.8, 4) is 0 Å². The van der Waals surface area contributed by atoms with Gasteiger partial charge in [-0.05, 0) is 6.92 Å². The van der Waals surface area contributed by atoms with Crippen LogP contribution in [0.3, 0.4) is 0 Å². The fourth-order valence-corrected chi connectivity index (χ4v) is 0.166. The topological polar surface area (TPSA) is 41.2 Å². The highest BCUT2D eigenvalue weighted by molar-refractivity contribution is 4.11. The average molecular weight is 90.1 g/mol. The van der Waals surface area contributed by atoms with Crippen molar-refractivity contribution in [1.29, 1.82) is 0 Å². The molecule has 0 fully saturated rings. The predicted octanol–water partition coefficient (Wildman–Crippen LogP) is -0.0861. The maximum Gasteiger partial charge on any atom is 0.207 e. The lowest BCUT2D eigenvalue weighted by Gasteiger charge is -1.97. The molecule has 0 spiro atoms. The normalized spacial score (nSPS) is 14.5. The smallest absolute Gasteiger partial charge is 0.207 e. The summed E-state index contributed by atoms with van der Waals surface area (Å²) in [5.41, 5.74) is 2.25. The van der Waals surface area contributed by atoms with Crippen molar-refractivity contribution >= 4 is 0 Å². The van der Waals surface area contributed by atoms with Gasteiger partial charge in [0.05, 0.1) is 0 Å². The number of hydrogen-bond donors (Lipinski definition) is 1. The van der Waals surface area contributed by atoms with Crippen molar-refractivity contribution in [2.45, 2.75) is 13.2 Å². The minimum absolute atomic E-state index is 0.963. The summed E-state index contributed by atoms with van der Waals surface area (Å²) in [7, 11) is 1.55. The maximum atomic E-state index is 9.84. The molecule has 6 heavy (non-hydrogen) atoms. The summed E-state index contributed by atoms with van der Waals surface area (Å²) in [5.74, 6) is 0. The van der Waals surface area contributed by atoms with Crippen molar-refractivity contribution in [2.75, 3.05) is 7.05 Å². The first-order chi connectivity index (χ1) is 2.77. The Labute approximate surface area is 36.9 Å². The molecule has 1 N–H and O–H groups in total. The lowest BCUT2D eigenvalue weighted by Crippen LogP contribution is -2.14. The summed E-state index contributed by atoms with van der Waals surface area (Å²) < 4.78 is 0. The van der Waals surface area contributed by atoms with Crippen LogP contribution in [-0.2, 0) is 9.94 Å². The first-order valence-electron chi connectivity index (χ1n) is 1.75. The molecule has 0 amide bonds. The zero-order chi connectivity index (χ0) is 4.99. The van der Waals surface area contributed by atoms with Gasteiger partial charge in [-0.25, -0.2) is 10.6 Å². The van der Waals surface area contributed by atoms with Crippen molar-refractivity contribution in [3.05, 3.63) is 0 Å². The molecule has 0 bridgehead atoms. The fourth-order valence-electron chi connectivity index (χ4n) is 0.166. The fraction of sp³-hybridized carbons (Fsp3) is 1.00. The highest BCUT2D eigenvalue weighted by atomic mass is 16.7. The molecular formula is C3H8NO2. The molecule has 1 unspecified atom stereocenters. The molecule has 3 nitrogen and oxygen atoms in total. The second-order valence-corrected chi connectivity index (χ2v) is 0.890. The van der Waals surface area contributed by atoms with Crippen molar-refractivity contribution in [1.82, 2.24) is 5.48 Å². The van der Waals surface area contributed by atoms with E-state index in [0.29, 0.717) is 0 Å². The van der Waals surface area contributed by atoms with Crippen molar-refractivity contribution < 1.29 is 9.94 Å². The maximum absolute atomic E-state index is 9.84. The van der Waals surface area contributed by atoms with Crippen LogP contribution in [0.1, 0.15) is 6.92 Å². The molecule has 0 aliphatic carbocycles. The molecule has 3 heteroatoms. The predicted molar refractivity (Wildman–Crippen MR) is 20.3 cm³/mol. The van der Waals surface area contributed by atoms with Crippen LogP contribution in [0.15, 0.2) is 0 Å². The van der Waals surface area contributed by atoms with E-state index >= 15 is 0 Å². The quantitative estimate of drug-likeness (QED) is 0.380. The van der Waals surface area contributed by atoms with E-state index in [4.69, 9.17) is 0 Å². The third kappa shape index (κ3) is 3.88. The van der Waals surface area contributed by atoms with Crippen LogP contribution in [-0.4, -0.2) is 13.3 Å². The molecular weight excluding hydrogens is 82.0 g/mol. The van der Waals surface area contributed by atoms with Gasteiger partial charge in [-0.15, -0.1) is 0 Å². The van der Waals surface area contributed by atoms with Gasteiger partial charge in [0.25, 0.3) is 0 Å². The number of hydrogen-bond acceptors (Lipinski definition) is 2. The Morgan fingerprint density at radius 2 is 2.33 bits per heavy atom. The lowest BCUT2D eigenvalue weighted by atomic mass is 10.8. The Hall–Kier alpha value is -0.120. The third-order valence-corrected chi connectivity index (χ3v) is 0.284. The van der Waals surface area contributed by atoms with Crippen molar-refractivity contribution in [3.63, 3.8) is 0 Å². The molecule has 0 saturated carbocycles. The van der Waals surface area contributed by atoms with Gasteiger partial charge >= 0.3 is 0 Å².